The quantitative estimate of drug-likeness (QED) is 0.765. The van der Waals surface area contributed by atoms with Crippen LogP contribution in [0.25, 0.3) is 0 Å². The number of esters is 1. The van der Waals surface area contributed by atoms with Crippen molar-refractivity contribution < 1.29 is 19.1 Å². The maximum atomic E-state index is 11.8. The van der Waals surface area contributed by atoms with Crippen molar-refractivity contribution >= 4 is 12.1 Å². The SMILES string of the molecule is COC(=O)C(CC1CCNCC1)NC(=O)OC(C)(C)C. The molecule has 0 spiro atoms. The van der Waals surface area contributed by atoms with Crippen LogP contribution < -0.4 is 10.6 Å². The van der Waals surface area contributed by atoms with Crippen LogP contribution in [0.1, 0.15) is 40.0 Å². The van der Waals surface area contributed by atoms with Gasteiger partial charge in [-0.15, -0.1) is 0 Å². The summed E-state index contributed by atoms with van der Waals surface area (Å²) in [5, 5.41) is 5.89. The molecule has 1 saturated heterocycles. The van der Waals surface area contributed by atoms with Crippen LogP contribution in [0.15, 0.2) is 0 Å². The Morgan fingerprint density at radius 3 is 2.40 bits per heavy atom. The average molecular weight is 286 g/mol. The number of amides is 1. The highest BCUT2D eigenvalue weighted by molar-refractivity contribution is 5.81. The zero-order valence-corrected chi connectivity index (χ0v) is 12.8. The van der Waals surface area contributed by atoms with Gasteiger partial charge in [0, 0.05) is 0 Å². The molecule has 6 heteroatoms. The summed E-state index contributed by atoms with van der Waals surface area (Å²) < 4.78 is 9.94. The molecule has 0 aromatic heterocycles. The van der Waals surface area contributed by atoms with E-state index in [1.165, 1.54) is 7.11 Å². The van der Waals surface area contributed by atoms with Gasteiger partial charge >= 0.3 is 12.1 Å². The lowest BCUT2D eigenvalue weighted by molar-refractivity contribution is -0.143. The molecule has 20 heavy (non-hydrogen) atoms. The summed E-state index contributed by atoms with van der Waals surface area (Å²) in [4.78, 5) is 23.6. The summed E-state index contributed by atoms with van der Waals surface area (Å²) in [7, 11) is 1.33. The van der Waals surface area contributed by atoms with Crippen LogP contribution in [-0.4, -0.2) is 43.9 Å². The van der Waals surface area contributed by atoms with E-state index in [4.69, 9.17) is 9.47 Å². The van der Waals surface area contributed by atoms with Crippen molar-refractivity contribution in [3.05, 3.63) is 0 Å². The fourth-order valence-electron chi connectivity index (χ4n) is 2.26. The maximum absolute atomic E-state index is 11.8. The van der Waals surface area contributed by atoms with Gasteiger partial charge in [0.05, 0.1) is 7.11 Å². The van der Waals surface area contributed by atoms with E-state index in [1.54, 1.807) is 20.8 Å². The fraction of sp³-hybridized carbons (Fsp3) is 0.857. The van der Waals surface area contributed by atoms with Crippen LogP contribution in [-0.2, 0) is 14.3 Å². The lowest BCUT2D eigenvalue weighted by Gasteiger charge is -2.27. The van der Waals surface area contributed by atoms with E-state index in [0.29, 0.717) is 12.3 Å². The van der Waals surface area contributed by atoms with E-state index in [9.17, 15) is 9.59 Å². The van der Waals surface area contributed by atoms with Crippen molar-refractivity contribution in [1.29, 1.82) is 0 Å². The minimum Gasteiger partial charge on any atom is -0.467 e. The highest BCUT2D eigenvalue weighted by Gasteiger charge is 2.28. The van der Waals surface area contributed by atoms with Crippen molar-refractivity contribution in [3.8, 4) is 0 Å². The van der Waals surface area contributed by atoms with Gasteiger partial charge in [0.15, 0.2) is 0 Å². The third kappa shape index (κ3) is 6.23. The zero-order valence-electron chi connectivity index (χ0n) is 12.8. The standard InChI is InChI=1S/C14H26N2O4/c1-14(2,3)20-13(18)16-11(12(17)19-4)9-10-5-7-15-8-6-10/h10-11,15H,5-9H2,1-4H3,(H,16,18). The molecular weight excluding hydrogens is 260 g/mol. The van der Waals surface area contributed by atoms with Gasteiger partial charge in [-0.2, -0.15) is 0 Å². The van der Waals surface area contributed by atoms with E-state index < -0.39 is 23.7 Å². The topological polar surface area (TPSA) is 76.7 Å². The Bertz CT molecular complexity index is 333. The molecule has 1 amide bonds. The molecule has 1 unspecified atom stereocenters. The number of hydrogen-bond acceptors (Lipinski definition) is 5. The van der Waals surface area contributed by atoms with E-state index in [2.05, 4.69) is 10.6 Å². The Kier molecular flexibility index (Phi) is 6.26. The second kappa shape index (κ2) is 7.47. The monoisotopic (exact) mass is 286 g/mol. The normalized spacial score (nSPS) is 18.2. The van der Waals surface area contributed by atoms with Crippen LogP contribution in [0.3, 0.4) is 0 Å². The number of carbonyl (C=O) groups is 2. The maximum Gasteiger partial charge on any atom is 0.408 e. The van der Waals surface area contributed by atoms with Crippen LogP contribution in [0.4, 0.5) is 4.79 Å². The molecule has 0 bridgehead atoms. The molecule has 0 radical (unpaired) electrons. The summed E-state index contributed by atoms with van der Waals surface area (Å²) in [5.41, 5.74) is -0.584. The number of carbonyl (C=O) groups excluding carboxylic acids is 2. The summed E-state index contributed by atoms with van der Waals surface area (Å²) in [6, 6.07) is -0.641. The molecule has 2 N–H and O–H groups in total. The van der Waals surface area contributed by atoms with Crippen molar-refractivity contribution in [2.45, 2.75) is 51.7 Å². The zero-order chi connectivity index (χ0) is 15.2. The Morgan fingerprint density at radius 1 is 1.30 bits per heavy atom. The van der Waals surface area contributed by atoms with Gasteiger partial charge in [-0.25, -0.2) is 9.59 Å². The van der Waals surface area contributed by atoms with E-state index >= 15 is 0 Å². The van der Waals surface area contributed by atoms with Gasteiger partial charge in [-0.1, -0.05) is 0 Å². The summed E-state index contributed by atoms with van der Waals surface area (Å²) in [5.74, 6) is -0.00956. The molecule has 0 aromatic rings. The van der Waals surface area contributed by atoms with Crippen LogP contribution in [0.5, 0.6) is 0 Å². The van der Waals surface area contributed by atoms with Crippen molar-refractivity contribution in [1.82, 2.24) is 10.6 Å². The van der Waals surface area contributed by atoms with Gasteiger partial charge in [0.2, 0.25) is 0 Å². The molecule has 116 valence electrons. The van der Waals surface area contributed by atoms with Crippen LogP contribution in [0.2, 0.25) is 0 Å². The molecule has 1 aliphatic rings. The molecular formula is C14H26N2O4. The number of rotatable bonds is 4. The second-order valence-corrected chi connectivity index (χ2v) is 6.15. The highest BCUT2D eigenvalue weighted by Crippen LogP contribution is 2.19. The average Bonchev–Trinajstić information content (AvgIpc) is 2.36. The minimum absolute atomic E-state index is 0.412. The highest BCUT2D eigenvalue weighted by atomic mass is 16.6. The molecule has 1 heterocycles. The minimum atomic E-state index is -0.641. The first-order valence-electron chi connectivity index (χ1n) is 7.10. The first-order chi connectivity index (χ1) is 9.31. The van der Waals surface area contributed by atoms with Gasteiger partial charge < -0.3 is 20.1 Å². The van der Waals surface area contributed by atoms with Crippen molar-refractivity contribution in [2.75, 3.05) is 20.2 Å². The molecule has 0 saturated carbocycles. The predicted molar refractivity (Wildman–Crippen MR) is 75.4 cm³/mol. The summed E-state index contributed by atoms with van der Waals surface area (Å²) >= 11 is 0. The van der Waals surface area contributed by atoms with Gasteiger partial charge in [-0.3, -0.25) is 0 Å². The molecule has 6 nitrogen and oxygen atoms in total. The van der Waals surface area contributed by atoms with E-state index in [-0.39, 0.29) is 0 Å². The second-order valence-electron chi connectivity index (χ2n) is 6.15. The molecule has 1 aliphatic heterocycles. The number of piperidine rings is 1. The number of alkyl carbamates (subject to hydrolysis) is 1. The third-order valence-electron chi connectivity index (χ3n) is 3.20. The van der Waals surface area contributed by atoms with E-state index in [0.717, 1.165) is 25.9 Å². The third-order valence-corrected chi connectivity index (χ3v) is 3.20. The number of ether oxygens (including phenoxy) is 2. The molecule has 0 aromatic carbocycles. The van der Waals surface area contributed by atoms with E-state index in [1.807, 2.05) is 0 Å². The van der Waals surface area contributed by atoms with Gasteiger partial charge in [0.25, 0.3) is 0 Å². The summed E-state index contributed by atoms with van der Waals surface area (Å²) in [6.45, 7) is 7.25. The Balaban J connectivity index is 2.55. The van der Waals surface area contributed by atoms with Gasteiger partial charge in [-0.05, 0) is 59.0 Å². The first kappa shape index (κ1) is 16.8. The molecule has 1 rings (SSSR count). The summed E-state index contributed by atoms with van der Waals surface area (Å²) in [6.07, 6.45) is 2.02. The fourth-order valence-corrected chi connectivity index (χ4v) is 2.26. The van der Waals surface area contributed by atoms with Crippen molar-refractivity contribution in [3.63, 3.8) is 0 Å². The van der Waals surface area contributed by atoms with Crippen LogP contribution >= 0.6 is 0 Å². The van der Waals surface area contributed by atoms with Crippen molar-refractivity contribution in [2.24, 2.45) is 5.92 Å². The largest absolute Gasteiger partial charge is 0.467 e. The molecule has 1 fully saturated rings. The Labute approximate surface area is 120 Å². The first-order valence-corrected chi connectivity index (χ1v) is 7.10. The lowest BCUT2D eigenvalue weighted by Crippen LogP contribution is -2.45. The van der Waals surface area contributed by atoms with Gasteiger partial charge in [0.1, 0.15) is 11.6 Å². The van der Waals surface area contributed by atoms with Crippen LogP contribution in [0, 0.1) is 5.92 Å². The number of nitrogens with one attached hydrogen (secondary N) is 2. The number of hydrogen-bond donors (Lipinski definition) is 2. The number of methoxy groups -OCH3 is 1. The Hall–Kier alpha value is -1.30. The lowest BCUT2D eigenvalue weighted by atomic mass is 9.91. The molecule has 1 atom stereocenters. The smallest absolute Gasteiger partial charge is 0.408 e. The molecule has 0 aliphatic carbocycles. The predicted octanol–water partition coefficient (Wildman–Crippen LogP) is 1.44. The Morgan fingerprint density at radius 2 is 1.90 bits per heavy atom.